The van der Waals surface area contributed by atoms with Crippen LogP contribution in [0.2, 0.25) is 0 Å². The van der Waals surface area contributed by atoms with Crippen molar-refractivity contribution >= 4 is 0 Å². The van der Waals surface area contributed by atoms with Gasteiger partial charge in [0.2, 0.25) is 0 Å². The minimum absolute atomic E-state index is 0.00694. The van der Waals surface area contributed by atoms with Crippen LogP contribution in [0.4, 0.5) is 0 Å². The Morgan fingerprint density at radius 1 is 1.75 bits per heavy atom. The third-order valence-corrected chi connectivity index (χ3v) is 0.622. The van der Waals surface area contributed by atoms with Crippen molar-refractivity contribution in [1.82, 2.24) is 0 Å². The molecule has 0 saturated heterocycles. The molecule has 0 heterocycles. The number of rotatable bonds is 2. The first kappa shape index (κ1) is 7.84. The van der Waals surface area contributed by atoms with Crippen molar-refractivity contribution in [1.29, 1.82) is 0 Å². The molecule has 4 nitrogen and oxygen atoms in total. The summed E-state index contributed by atoms with van der Waals surface area (Å²) >= 11 is 0. The van der Waals surface area contributed by atoms with Gasteiger partial charge in [-0.1, -0.05) is 0 Å². The first-order valence-corrected chi connectivity index (χ1v) is 2.37. The Labute approximate surface area is 48.1 Å². The lowest BCUT2D eigenvalue weighted by Gasteiger charge is -2.17. The highest BCUT2D eigenvalue weighted by Crippen LogP contribution is 1.99. The van der Waals surface area contributed by atoms with E-state index in [-0.39, 0.29) is 6.42 Å². The van der Waals surface area contributed by atoms with Crippen LogP contribution in [0.1, 0.15) is 13.3 Å². The Morgan fingerprint density at radius 3 is 2.12 bits per heavy atom. The van der Waals surface area contributed by atoms with Crippen molar-refractivity contribution in [3.05, 3.63) is 0 Å². The number of nitrogens with two attached hydrogens (primary N) is 2. The van der Waals surface area contributed by atoms with Crippen LogP contribution < -0.4 is 11.5 Å². The second-order valence-electron chi connectivity index (χ2n) is 2.13. The van der Waals surface area contributed by atoms with Gasteiger partial charge < -0.3 is 21.7 Å². The van der Waals surface area contributed by atoms with Gasteiger partial charge in [-0.15, -0.1) is 0 Å². The van der Waals surface area contributed by atoms with Crippen LogP contribution in [0.15, 0.2) is 0 Å². The molecule has 0 spiro atoms. The molecule has 0 aromatic carbocycles. The van der Waals surface area contributed by atoms with Gasteiger partial charge in [0.1, 0.15) is 12.0 Å². The predicted octanol–water partition coefficient (Wildman–Crippen LogP) is -1.68. The predicted molar refractivity (Wildman–Crippen MR) is 29.6 cm³/mol. The molecule has 0 aromatic rings. The van der Waals surface area contributed by atoms with E-state index in [0.717, 1.165) is 0 Å². The highest BCUT2D eigenvalue weighted by atomic mass is 16.3. The van der Waals surface area contributed by atoms with E-state index in [1.165, 1.54) is 6.92 Å². The highest BCUT2D eigenvalue weighted by Gasteiger charge is 2.15. The molecule has 0 fully saturated rings. The highest BCUT2D eigenvalue weighted by molar-refractivity contribution is 4.64. The molecule has 0 aromatic heterocycles. The summed E-state index contributed by atoms with van der Waals surface area (Å²) in [7, 11) is 0. The maximum atomic E-state index is 8.73. The van der Waals surface area contributed by atoms with E-state index < -0.39 is 12.0 Å². The molecule has 0 rings (SSSR count). The van der Waals surface area contributed by atoms with E-state index in [9.17, 15) is 0 Å². The summed E-state index contributed by atoms with van der Waals surface area (Å²) in [6.07, 6.45) is -1.04. The average molecular weight is 120 g/mol. The molecular formula is C4H12N2O2. The van der Waals surface area contributed by atoms with Gasteiger partial charge in [-0.05, 0) is 6.92 Å². The molecule has 4 heteroatoms. The topological polar surface area (TPSA) is 92.5 Å². The molecule has 0 bridgehead atoms. The minimum atomic E-state index is -1.35. The van der Waals surface area contributed by atoms with Crippen LogP contribution in [0.5, 0.6) is 0 Å². The summed E-state index contributed by atoms with van der Waals surface area (Å²) in [5, 5.41) is 17.2. The number of hydrogen-bond acceptors (Lipinski definition) is 4. The Hall–Kier alpha value is -0.160. The summed E-state index contributed by atoms with van der Waals surface area (Å²) in [6.45, 7) is 1.38. The summed E-state index contributed by atoms with van der Waals surface area (Å²) < 4.78 is 0. The normalized spacial score (nSPS) is 22.1. The smallest absolute Gasteiger partial charge is 0.114 e. The van der Waals surface area contributed by atoms with Crippen LogP contribution in [-0.2, 0) is 0 Å². The SMILES string of the molecule is CC(N)(O)CC(N)O. The first-order chi connectivity index (χ1) is 3.42. The molecule has 2 atom stereocenters. The van der Waals surface area contributed by atoms with E-state index >= 15 is 0 Å². The summed E-state index contributed by atoms with van der Waals surface area (Å²) in [5.74, 6) is 0. The second kappa shape index (κ2) is 2.41. The van der Waals surface area contributed by atoms with Crippen LogP contribution in [0.25, 0.3) is 0 Å². The van der Waals surface area contributed by atoms with Crippen LogP contribution in [-0.4, -0.2) is 22.2 Å². The van der Waals surface area contributed by atoms with E-state index in [0.29, 0.717) is 0 Å². The molecule has 0 aliphatic carbocycles. The standard InChI is InChI=1S/C4H12N2O2/c1-4(6,8)2-3(5)7/h3,7-8H,2,5-6H2,1H3. The molecule has 6 N–H and O–H groups in total. The van der Waals surface area contributed by atoms with Crippen molar-refractivity contribution in [3.63, 3.8) is 0 Å². The molecule has 50 valence electrons. The number of aliphatic hydroxyl groups excluding tert-OH is 1. The lowest BCUT2D eigenvalue weighted by molar-refractivity contribution is 0.0112. The van der Waals surface area contributed by atoms with Gasteiger partial charge in [0.25, 0.3) is 0 Å². The molecule has 0 saturated carbocycles. The van der Waals surface area contributed by atoms with E-state index in [4.69, 9.17) is 21.7 Å². The zero-order chi connectivity index (χ0) is 6.78. The molecule has 8 heavy (non-hydrogen) atoms. The fourth-order valence-electron chi connectivity index (χ4n) is 0.423. The van der Waals surface area contributed by atoms with Gasteiger partial charge in [-0.25, -0.2) is 0 Å². The molecular weight excluding hydrogens is 108 g/mol. The third-order valence-electron chi connectivity index (χ3n) is 0.622. The maximum Gasteiger partial charge on any atom is 0.114 e. The minimum Gasteiger partial charge on any atom is -0.379 e. The zero-order valence-corrected chi connectivity index (χ0v) is 4.83. The zero-order valence-electron chi connectivity index (χ0n) is 4.83. The molecule has 0 amide bonds. The van der Waals surface area contributed by atoms with Crippen LogP contribution >= 0.6 is 0 Å². The van der Waals surface area contributed by atoms with Crippen molar-refractivity contribution in [2.45, 2.75) is 25.3 Å². The molecule has 2 unspecified atom stereocenters. The lowest BCUT2D eigenvalue weighted by Crippen LogP contribution is -2.41. The first-order valence-electron chi connectivity index (χ1n) is 2.37. The monoisotopic (exact) mass is 120 g/mol. The van der Waals surface area contributed by atoms with Crippen LogP contribution in [0.3, 0.4) is 0 Å². The largest absolute Gasteiger partial charge is 0.379 e. The Kier molecular flexibility index (Phi) is 2.36. The summed E-state index contributed by atoms with van der Waals surface area (Å²) in [4.78, 5) is 0. The number of hydrogen-bond donors (Lipinski definition) is 4. The van der Waals surface area contributed by atoms with Crippen molar-refractivity contribution < 1.29 is 10.2 Å². The number of aliphatic hydroxyl groups is 2. The van der Waals surface area contributed by atoms with Gasteiger partial charge in [0.15, 0.2) is 0 Å². The third kappa shape index (κ3) is 5.84. The van der Waals surface area contributed by atoms with Crippen molar-refractivity contribution in [2.75, 3.05) is 0 Å². The Balaban J connectivity index is 3.39. The second-order valence-corrected chi connectivity index (χ2v) is 2.13. The van der Waals surface area contributed by atoms with Crippen molar-refractivity contribution in [2.24, 2.45) is 11.5 Å². The molecule has 0 aliphatic heterocycles. The van der Waals surface area contributed by atoms with Gasteiger partial charge in [0, 0.05) is 6.42 Å². The van der Waals surface area contributed by atoms with Crippen molar-refractivity contribution in [3.8, 4) is 0 Å². The average Bonchev–Trinajstić information content (AvgIpc) is 1.21. The fourth-order valence-corrected chi connectivity index (χ4v) is 0.423. The van der Waals surface area contributed by atoms with Gasteiger partial charge in [0.05, 0.1) is 0 Å². The van der Waals surface area contributed by atoms with E-state index in [2.05, 4.69) is 0 Å². The van der Waals surface area contributed by atoms with E-state index in [1.54, 1.807) is 0 Å². The van der Waals surface area contributed by atoms with Gasteiger partial charge in [-0.2, -0.15) is 0 Å². The molecule has 0 aliphatic rings. The fraction of sp³-hybridized carbons (Fsp3) is 1.00. The van der Waals surface area contributed by atoms with Crippen LogP contribution in [0, 0.1) is 0 Å². The Bertz CT molecular complexity index is 66.9. The van der Waals surface area contributed by atoms with E-state index in [1.807, 2.05) is 0 Å². The van der Waals surface area contributed by atoms with Gasteiger partial charge >= 0.3 is 0 Å². The van der Waals surface area contributed by atoms with Gasteiger partial charge in [-0.3, -0.25) is 0 Å². The molecule has 0 radical (unpaired) electrons. The summed E-state index contributed by atoms with van der Waals surface area (Å²) in [5.41, 5.74) is 8.59. The summed E-state index contributed by atoms with van der Waals surface area (Å²) in [6, 6.07) is 0. The Morgan fingerprint density at radius 2 is 2.12 bits per heavy atom. The lowest BCUT2D eigenvalue weighted by atomic mass is 10.2. The maximum absolute atomic E-state index is 8.73. The quantitative estimate of drug-likeness (QED) is 0.327.